The number of carbonyl (C=O) groups excluding carboxylic acids is 2. The van der Waals surface area contributed by atoms with Crippen molar-refractivity contribution in [2.75, 3.05) is 6.61 Å². The smallest absolute Gasteiger partial charge is 0.312 e. The number of hydrogen-bond acceptors (Lipinski definition) is 3. The summed E-state index contributed by atoms with van der Waals surface area (Å²) in [4.78, 5) is 25.9. The van der Waals surface area contributed by atoms with Gasteiger partial charge in [0, 0.05) is 10.6 Å². The van der Waals surface area contributed by atoms with E-state index in [1.807, 2.05) is 6.07 Å². The molecule has 4 fully saturated rings. The average Bonchev–Trinajstić information content (AvgIpc) is 2.71. The van der Waals surface area contributed by atoms with Crippen molar-refractivity contribution in [2.45, 2.75) is 43.9 Å². The van der Waals surface area contributed by atoms with Gasteiger partial charge in [-0.3, -0.25) is 9.59 Å². The van der Waals surface area contributed by atoms with Crippen molar-refractivity contribution in [1.29, 1.82) is 0 Å². The highest BCUT2D eigenvalue weighted by atomic mass is 35.5. The molecule has 4 bridgehead atoms. The van der Waals surface area contributed by atoms with Crippen molar-refractivity contribution in [3.63, 3.8) is 0 Å². The van der Waals surface area contributed by atoms with Crippen LogP contribution in [-0.2, 0) is 14.9 Å². The zero-order valence-corrected chi connectivity index (χ0v) is 18.2. The van der Waals surface area contributed by atoms with Gasteiger partial charge in [0.05, 0.1) is 10.4 Å². The molecule has 4 atom stereocenters. The number of carbonyl (C=O) groups is 2. The summed E-state index contributed by atoms with van der Waals surface area (Å²) in [7, 11) is 0. The molecule has 156 valence electrons. The Morgan fingerprint density at radius 2 is 1.67 bits per heavy atom. The highest BCUT2D eigenvalue weighted by Crippen LogP contribution is 2.66. The van der Waals surface area contributed by atoms with Crippen LogP contribution >= 0.6 is 23.2 Å². The van der Waals surface area contributed by atoms with Gasteiger partial charge in [-0.25, -0.2) is 0 Å². The van der Waals surface area contributed by atoms with Gasteiger partial charge < -0.3 is 4.74 Å². The average molecular weight is 443 g/mol. The Labute approximate surface area is 186 Å². The molecule has 0 N–H and O–H groups in total. The third kappa shape index (κ3) is 3.36. The van der Waals surface area contributed by atoms with Crippen LogP contribution in [-0.4, -0.2) is 18.4 Å². The molecular weight excluding hydrogens is 419 g/mol. The molecule has 6 rings (SSSR count). The van der Waals surface area contributed by atoms with E-state index in [-0.39, 0.29) is 28.8 Å². The van der Waals surface area contributed by atoms with Gasteiger partial charge in [0.25, 0.3) is 0 Å². The Morgan fingerprint density at radius 3 is 2.33 bits per heavy atom. The predicted molar refractivity (Wildman–Crippen MR) is 117 cm³/mol. The second-order valence-corrected chi connectivity index (χ2v) is 10.4. The Hall–Kier alpha value is -1.84. The van der Waals surface area contributed by atoms with E-state index in [1.54, 1.807) is 12.1 Å². The highest BCUT2D eigenvalue weighted by Gasteiger charge is 2.61. The van der Waals surface area contributed by atoms with Gasteiger partial charge in [0.1, 0.15) is 0 Å². The minimum atomic E-state index is -0.468. The second-order valence-electron chi connectivity index (χ2n) is 9.51. The molecule has 0 radical (unpaired) electrons. The topological polar surface area (TPSA) is 43.4 Å². The summed E-state index contributed by atoms with van der Waals surface area (Å²) in [5, 5.41) is 0.745. The fourth-order valence-electron chi connectivity index (χ4n) is 6.71. The maximum Gasteiger partial charge on any atom is 0.312 e. The van der Waals surface area contributed by atoms with Gasteiger partial charge in [-0.1, -0.05) is 53.5 Å². The number of rotatable bonds is 5. The first-order valence-electron chi connectivity index (χ1n) is 10.6. The molecule has 2 aromatic carbocycles. The highest BCUT2D eigenvalue weighted by molar-refractivity contribution is 6.36. The maximum atomic E-state index is 13.3. The number of esters is 1. The first-order valence-corrected chi connectivity index (χ1v) is 11.4. The molecule has 4 saturated carbocycles. The molecule has 0 aliphatic heterocycles. The second kappa shape index (κ2) is 7.39. The first kappa shape index (κ1) is 20.1. The van der Waals surface area contributed by atoms with Crippen LogP contribution in [0.2, 0.25) is 10.0 Å². The van der Waals surface area contributed by atoms with E-state index in [2.05, 4.69) is 24.3 Å². The molecule has 30 heavy (non-hydrogen) atoms. The Morgan fingerprint density at radius 1 is 0.967 bits per heavy atom. The van der Waals surface area contributed by atoms with E-state index in [1.165, 1.54) is 18.1 Å². The van der Waals surface area contributed by atoms with E-state index in [0.717, 1.165) is 32.1 Å². The van der Waals surface area contributed by atoms with E-state index in [4.69, 9.17) is 27.9 Å². The lowest BCUT2D eigenvalue weighted by atomic mass is 9.43. The van der Waals surface area contributed by atoms with Crippen LogP contribution in [0, 0.1) is 17.3 Å². The Kier molecular flexibility index (Phi) is 4.95. The largest absolute Gasteiger partial charge is 0.457 e. The zero-order chi connectivity index (χ0) is 20.9. The summed E-state index contributed by atoms with van der Waals surface area (Å²) in [6.45, 7) is -0.282. The summed E-state index contributed by atoms with van der Waals surface area (Å²) in [5.41, 5.74) is 1.28. The molecule has 2 aromatic rings. The molecule has 3 nitrogen and oxygen atoms in total. The minimum absolute atomic E-state index is 0.0634. The number of halogens is 2. The van der Waals surface area contributed by atoms with Crippen LogP contribution in [0.4, 0.5) is 0 Å². The fourth-order valence-corrected chi connectivity index (χ4v) is 7.22. The van der Waals surface area contributed by atoms with Crippen LogP contribution in [0.25, 0.3) is 0 Å². The molecule has 5 heteroatoms. The van der Waals surface area contributed by atoms with Crippen molar-refractivity contribution in [3.8, 4) is 0 Å². The molecule has 0 spiro atoms. The lowest BCUT2D eigenvalue weighted by molar-refractivity contribution is -0.172. The van der Waals surface area contributed by atoms with E-state index in [0.29, 0.717) is 22.4 Å². The predicted octanol–water partition coefficient (Wildman–Crippen LogP) is 6.26. The van der Waals surface area contributed by atoms with Crippen LogP contribution in [0.5, 0.6) is 0 Å². The summed E-state index contributed by atoms with van der Waals surface area (Å²) in [6, 6.07) is 15.4. The lowest BCUT2D eigenvalue weighted by Crippen LogP contribution is -2.57. The quantitative estimate of drug-likeness (QED) is 0.405. The molecule has 0 heterocycles. The van der Waals surface area contributed by atoms with Crippen LogP contribution < -0.4 is 0 Å². The van der Waals surface area contributed by atoms with Gasteiger partial charge in [-0.15, -0.1) is 0 Å². The molecule has 0 saturated heterocycles. The van der Waals surface area contributed by atoms with Gasteiger partial charge >= 0.3 is 5.97 Å². The number of Topliss-reactive ketones (excluding diaryl/α,β-unsaturated/α-hetero) is 1. The third-order valence-corrected chi connectivity index (χ3v) is 7.99. The molecule has 4 aliphatic carbocycles. The Bertz CT molecular complexity index is 987. The molecule has 4 aliphatic rings. The zero-order valence-electron chi connectivity index (χ0n) is 16.7. The number of ether oxygens (including phenoxy) is 1. The first-order chi connectivity index (χ1) is 14.4. The minimum Gasteiger partial charge on any atom is -0.457 e. The van der Waals surface area contributed by atoms with Crippen LogP contribution in [0.3, 0.4) is 0 Å². The summed E-state index contributed by atoms with van der Waals surface area (Å²) < 4.78 is 5.63. The lowest BCUT2D eigenvalue weighted by Gasteiger charge is -2.61. The maximum absolute atomic E-state index is 13.3. The summed E-state index contributed by atoms with van der Waals surface area (Å²) >= 11 is 12.0. The van der Waals surface area contributed by atoms with E-state index >= 15 is 0 Å². The number of hydrogen-bond donors (Lipinski definition) is 0. The van der Waals surface area contributed by atoms with Gasteiger partial charge in [-0.2, -0.15) is 0 Å². The third-order valence-electron chi connectivity index (χ3n) is 7.45. The number of ketones is 1. The molecule has 2 unspecified atom stereocenters. The summed E-state index contributed by atoms with van der Waals surface area (Å²) in [6.07, 6.45) is 6.11. The van der Waals surface area contributed by atoms with E-state index < -0.39 is 5.41 Å². The molecule has 0 amide bonds. The SMILES string of the molecule is O=C(COC(=O)C12C[C@H]3C[C@@H](C1)CC(c1ccccc1)(C3)C2)c1ccc(Cl)cc1Cl. The van der Waals surface area contributed by atoms with E-state index in [9.17, 15) is 9.59 Å². The molecule has 0 aromatic heterocycles. The van der Waals surface area contributed by atoms with Crippen LogP contribution in [0.15, 0.2) is 48.5 Å². The van der Waals surface area contributed by atoms with Crippen molar-refractivity contribution in [1.82, 2.24) is 0 Å². The number of benzene rings is 2. The van der Waals surface area contributed by atoms with Crippen LogP contribution in [0.1, 0.15) is 54.4 Å². The van der Waals surface area contributed by atoms with Gasteiger partial charge in [-0.05, 0) is 79.5 Å². The standard InChI is InChI=1S/C25H24Cl2O3/c26-19-6-7-20(21(27)9-19)22(28)14-30-23(29)25-12-16-8-17(13-25)11-24(10-16,15-25)18-4-2-1-3-5-18/h1-7,9,16-17H,8,10-15H2/t16-,17+,24?,25?. The molecular formula is C25H24Cl2O3. The van der Waals surface area contributed by atoms with Crippen molar-refractivity contribution < 1.29 is 14.3 Å². The van der Waals surface area contributed by atoms with Gasteiger partial charge in [0.2, 0.25) is 5.78 Å². The monoisotopic (exact) mass is 442 g/mol. The summed E-state index contributed by atoms with van der Waals surface area (Å²) in [5.74, 6) is 0.601. The van der Waals surface area contributed by atoms with Gasteiger partial charge in [0.15, 0.2) is 6.61 Å². The fraction of sp³-hybridized carbons (Fsp3) is 0.440. The van der Waals surface area contributed by atoms with Crippen molar-refractivity contribution >= 4 is 35.0 Å². The van der Waals surface area contributed by atoms with Crippen molar-refractivity contribution in [3.05, 3.63) is 69.7 Å². The Balaban J connectivity index is 1.35. The normalized spacial score (nSPS) is 31.5. The van der Waals surface area contributed by atoms with Crippen molar-refractivity contribution in [2.24, 2.45) is 17.3 Å².